The highest BCUT2D eigenvalue weighted by molar-refractivity contribution is 6.33. The molecule has 39 heavy (non-hydrogen) atoms. The Hall–Kier alpha value is -4.32. The van der Waals surface area contributed by atoms with Gasteiger partial charge in [0.05, 0.1) is 17.3 Å². The van der Waals surface area contributed by atoms with Gasteiger partial charge in [0.15, 0.2) is 12.0 Å². The van der Waals surface area contributed by atoms with Crippen molar-refractivity contribution in [2.45, 2.75) is 31.3 Å². The van der Waals surface area contributed by atoms with Gasteiger partial charge in [0.1, 0.15) is 11.1 Å². The van der Waals surface area contributed by atoms with Crippen molar-refractivity contribution in [3.8, 4) is 23.0 Å². The Morgan fingerprint density at radius 1 is 1.00 bits per heavy atom. The normalized spacial score (nSPS) is 14.1. The first-order valence-electron chi connectivity index (χ1n) is 12.2. The van der Waals surface area contributed by atoms with Crippen LogP contribution in [0.15, 0.2) is 79.0 Å². The number of rotatable bonds is 7. The molecule has 8 nitrogen and oxygen atoms in total. The van der Waals surface area contributed by atoms with Gasteiger partial charge in [-0.25, -0.2) is 9.48 Å². The molecule has 1 aliphatic rings. The monoisotopic (exact) mass is 559 g/mol. The molecule has 10 heteroatoms. The van der Waals surface area contributed by atoms with E-state index in [2.05, 4.69) is 15.7 Å². The maximum atomic E-state index is 12.6. The summed E-state index contributed by atoms with van der Waals surface area (Å²) in [5.74, 6) is 0.0158. The lowest BCUT2D eigenvalue weighted by Crippen LogP contribution is -2.31. The van der Waals surface area contributed by atoms with Gasteiger partial charge in [-0.1, -0.05) is 77.8 Å². The number of halogens is 2. The van der Waals surface area contributed by atoms with E-state index in [1.165, 1.54) is 10.9 Å². The highest BCUT2D eigenvalue weighted by Gasteiger charge is 2.51. The standard InChI is InChI=1S/C29H23Cl2N5O3/c1-18(23-4-2-3-5-24(23)30)39-28(38)35-26-25(31)16-34-36(26)22-12-8-20(9-13-22)19-6-10-21(11-7-19)29(14-15-29)27(37)33-17-32/h2-13,16,18H,14-15H2,1H3,(H,33,37)(H,35,38). The van der Waals surface area contributed by atoms with Crippen LogP contribution in [0.4, 0.5) is 10.6 Å². The topological polar surface area (TPSA) is 109 Å². The molecule has 2 amide bonds. The Balaban J connectivity index is 1.29. The van der Waals surface area contributed by atoms with Crippen LogP contribution in [0, 0.1) is 11.5 Å². The van der Waals surface area contributed by atoms with Gasteiger partial charge >= 0.3 is 6.09 Å². The number of ether oxygens (including phenoxy) is 1. The van der Waals surface area contributed by atoms with Crippen LogP contribution in [0.2, 0.25) is 10.0 Å². The van der Waals surface area contributed by atoms with Crippen molar-refractivity contribution in [1.82, 2.24) is 15.1 Å². The smallest absolute Gasteiger partial charge is 0.413 e. The van der Waals surface area contributed by atoms with Crippen LogP contribution in [-0.4, -0.2) is 21.8 Å². The molecular formula is C29H23Cl2N5O3. The largest absolute Gasteiger partial charge is 0.441 e. The van der Waals surface area contributed by atoms with E-state index in [-0.39, 0.29) is 16.7 Å². The van der Waals surface area contributed by atoms with Crippen molar-refractivity contribution in [3.05, 3.63) is 100 Å². The number of nitrogens with zero attached hydrogens (tertiary/aromatic N) is 3. The molecule has 1 saturated carbocycles. The van der Waals surface area contributed by atoms with Crippen LogP contribution in [0.25, 0.3) is 16.8 Å². The second-order valence-electron chi connectivity index (χ2n) is 9.22. The summed E-state index contributed by atoms with van der Waals surface area (Å²) >= 11 is 12.5. The fourth-order valence-electron chi connectivity index (χ4n) is 4.51. The third-order valence-electron chi connectivity index (χ3n) is 6.81. The van der Waals surface area contributed by atoms with Gasteiger partial charge < -0.3 is 4.74 Å². The van der Waals surface area contributed by atoms with E-state index >= 15 is 0 Å². The zero-order valence-electron chi connectivity index (χ0n) is 20.8. The summed E-state index contributed by atoms with van der Waals surface area (Å²) in [7, 11) is 0. The van der Waals surface area contributed by atoms with Gasteiger partial charge in [-0.3, -0.25) is 15.4 Å². The minimum Gasteiger partial charge on any atom is -0.441 e. The lowest BCUT2D eigenvalue weighted by molar-refractivity contribution is -0.122. The molecule has 1 aromatic heterocycles. The number of benzene rings is 3. The highest BCUT2D eigenvalue weighted by Crippen LogP contribution is 2.48. The summed E-state index contributed by atoms with van der Waals surface area (Å²) in [4.78, 5) is 24.9. The number of hydrogen-bond donors (Lipinski definition) is 2. The van der Waals surface area contributed by atoms with E-state index in [4.69, 9.17) is 33.2 Å². The van der Waals surface area contributed by atoms with Crippen LogP contribution in [0.5, 0.6) is 0 Å². The predicted molar refractivity (Wildman–Crippen MR) is 149 cm³/mol. The Bertz CT molecular complexity index is 1570. The SMILES string of the molecule is CC(OC(=O)Nc1c(Cl)cnn1-c1ccc(-c2ccc(C3(C(=O)NC#N)CC3)cc2)cc1)c1ccccc1Cl. The van der Waals surface area contributed by atoms with E-state index in [1.807, 2.05) is 54.6 Å². The molecule has 1 atom stereocenters. The van der Waals surface area contributed by atoms with E-state index < -0.39 is 17.6 Å². The summed E-state index contributed by atoms with van der Waals surface area (Å²) in [6.45, 7) is 1.73. The third kappa shape index (κ3) is 5.32. The number of aromatic nitrogens is 2. The average molecular weight is 560 g/mol. The van der Waals surface area contributed by atoms with Crippen molar-refractivity contribution in [2.75, 3.05) is 5.32 Å². The van der Waals surface area contributed by atoms with Gasteiger partial charge in [0.2, 0.25) is 5.91 Å². The molecule has 1 aliphatic carbocycles. The Kier molecular flexibility index (Phi) is 7.29. The van der Waals surface area contributed by atoms with Crippen LogP contribution in [0.1, 0.15) is 37.0 Å². The number of hydrogen-bond acceptors (Lipinski definition) is 5. The lowest BCUT2D eigenvalue weighted by Gasteiger charge is -2.16. The number of carbonyl (C=O) groups is 2. The van der Waals surface area contributed by atoms with Crippen LogP contribution < -0.4 is 10.6 Å². The zero-order chi connectivity index (χ0) is 27.6. The molecule has 2 N–H and O–H groups in total. The highest BCUT2D eigenvalue weighted by atomic mass is 35.5. The van der Waals surface area contributed by atoms with Gasteiger partial charge in [-0.05, 0) is 54.7 Å². The molecule has 5 rings (SSSR count). The fourth-order valence-corrected chi connectivity index (χ4v) is 4.97. The van der Waals surface area contributed by atoms with Crippen molar-refractivity contribution in [2.24, 2.45) is 0 Å². The maximum Gasteiger partial charge on any atom is 0.413 e. The summed E-state index contributed by atoms with van der Waals surface area (Å²) in [5, 5.41) is 18.8. The van der Waals surface area contributed by atoms with E-state index in [0.717, 1.165) is 29.5 Å². The summed E-state index contributed by atoms with van der Waals surface area (Å²) in [5.41, 5.74) is 3.59. The van der Waals surface area contributed by atoms with Crippen molar-refractivity contribution < 1.29 is 14.3 Å². The second kappa shape index (κ2) is 10.8. The first-order valence-corrected chi connectivity index (χ1v) is 12.9. The quantitative estimate of drug-likeness (QED) is 0.191. The molecule has 3 aromatic carbocycles. The van der Waals surface area contributed by atoms with Gasteiger partial charge in [-0.2, -0.15) is 10.4 Å². The number of nitriles is 1. The predicted octanol–water partition coefficient (Wildman–Crippen LogP) is 6.78. The lowest BCUT2D eigenvalue weighted by atomic mass is 9.93. The third-order valence-corrected chi connectivity index (χ3v) is 7.43. The second-order valence-corrected chi connectivity index (χ2v) is 10.0. The molecule has 1 heterocycles. The van der Waals surface area contributed by atoms with Crippen molar-refractivity contribution in [3.63, 3.8) is 0 Å². The average Bonchev–Trinajstić information content (AvgIpc) is 3.68. The Morgan fingerprint density at radius 2 is 1.64 bits per heavy atom. The van der Waals surface area contributed by atoms with Crippen LogP contribution in [-0.2, 0) is 14.9 Å². The van der Waals surface area contributed by atoms with Crippen LogP contribution in [0.3, 0.4) is 0 Å². The molecule has 4 aromatic rings. The first-order chi connectivity index (χ1) is 18.8. The van der Waals surface area contributed by atoms with Gasteiger partial charge in [0.25, 0.3) is 0 Å². The van der Waals surface area contributed by atoms with Crippen molar-refractivity contribution >= 4 is 41.0 Å². The van der Waals surface area contributed by atoms with Gasteiger partial charge in [-0.15, -0.1) is 0 Å². The number of nitrogens with one attached hydrogen (secondary N) is 2. The van der Waals surface area contributed by atoms with Crippen LogP contribution >= 0.6 is 23.2 Å². The molecule has 0 bridgehead atoms. The maximum absolute atomic E-state index is 12.6. The number of amides is 2. The minimum atomic E-state index is -0.695. The summed E-state index contributed by atoms with van der Waals surface area (Å²) < 4.78 is 7.02. The molecule has 0 aliphatic heterocycles. The molecular weight excluding hydrogens is 537 g/mol. The summed E-state index contributed by atoms with van der Waals surface area (Å²) in [6.07, 6.45) is 3.35. The van der Waals surface area contributed by atoms with E-state index in [1.54, 1.807) is 31.3 Å². The molecule has 0 spiro atoms. The Morgan fingerprint density at radius 3 is 2.26 bits per heavy atom. The molecule has 0 radical (unpaired) electrons. The van der Waals surface area contributed by atoms with Crippen molar-refractivity contribution in [1.29, 1.82) is 5.26 Å². The number of carbonyl (C=O) groups excluding carboxylic acids is 2. The molecule has 1 unspecified atom stereocenters. The molecule has 0 saturated heterocycles. The fraction of sp³-hybridized carbons (Fsp3) is 0.172. The molecule has 1 fully saturated rings. The first kappa shape index (κ1) is 26.3. The van der Waals surface area contributed by atoms with E-state index in [0.29, 0.717) is 16.3 Å². The zero-order valence-corrected chi connectivity index (χ0v) is 22.3. The van der Waals surface area contributed by atoms with E-state index in [9.17, 15) is 9.59 Å². The number of anilines is 1. The Labute approximate surface area is 235 Å². The molecule has 196 valence electrons. The van der Waals surface area contributed by atoms with Gasteiger partial charge in [0, 0.05) is 10.6 Å². The summed E-state index contributed by atoms with van der Waals surface area (Å²) in [6, 6.07) is 22.5. The minimum absolute atomic E-state index is 0.256.